The molecule has 1 aliphatic heterocycles. The summed E-state index contributed by atoms with van der Waals surface area (Å²) in [7, 11) is 0. The molecule has 2 aromatic rings. The van der Waals surface area contributed by atoms with Gasteiger partial charge in [-0.1, -0.05) is 12.8 Å². The number of carbonyl (C=O) groups is 1. The Morgan fingerprint density at radius 3 is 2.72 bits per heavy atom. The molecule has 1 amide bonds. The number of amides is 1. The van der Waals surface area contributed by atoms with Crippen LogP contribution in [0, 0.1) is 0 Å². The van der Waals surface area contributed by atoms with Gasteiger partial charge >= 0.3 is 0 Å². The molecule has 6 heteroatoms. The summed E-state index contributed by atoms with van der Waals surface area (Å²) in [6, 6.07) is 3.86. The number of thioether (sulfide) groups is 1. The van der Waals surface area contributed by atoms with Crippen LogP contribution in [0.15, 0.2) is 28.7 Å². The van der Waals surface area contributed by atoms with Crippen molar-refractivity contribution >= 4 is 29.0 Å². The summed E-state index contributed by atoms with van der Waals surface area (Å²) in [4.78, 5) is 23.5. The highest BCUT2D eigenvalue weighted by atomic mass is 32.2. The van der Waals surface area contributed by atoms with Crippen molar-refractivity contribution in [2.45, 2.75) is 55.2 Å². The molecule has 1 saturated heterocycles. The summed E-state index contributed by atoms with van der Waals surface area (Å²) >= 11 is 3.50. The molecule has 25 heavy (non-hydrogen) atoms. The number of hydrogen-bond acceptors (Lipinski definition) is 5. The van der Waals surface area contributed by atoms with Crippen LogP contribution in [0.1, 0.15) is 65.5 Å². The lowest BCUT2D eigenvalue weighted by Gasteiger charge is -2.14. The lowest BCUT2D eigenvalue weighted by molar-refractivity contribution is 0.0792. The predicted octanol–water partition coefficient (Wildman–Crippen LogP) is 4.72. The molecular formula is C19H23N3OS2. The second kappa shape index (κ2) is 7.87. The summed E-state index contributed by atoms with van der Waals surface area (Å²) in [5, 5.41) is 4.45. The molecule has 2 aliphatic rings. The van der Waals surface area contributed by atoms with Crippen LogP contribution < -0.4 is 0 Å². The molecule has 1 saturated carbocycles. The topological polar surface area (TPSA) is 46.1 Å². The minimum absolute atomic E-state index is 0.113. The van der Waals surface area contributed by atoms with E-state index in [1.54, 1.807) is 18.0 Å². The third-order valence-electron chi connectivity index (χ3n) is 5.02. The fourth-order valence-corrected chi connectivity index (χ4v) is 5.42. The van der Waals surface area contributed by atoms with Crippen LogP contribution in [0.25, 0.3) is 0 Å². The van der Waals surface area contributed by atoms with Gasteiger partial charge in [0.1, 0.15) is 0 Å². The molecule has 0 N–H and O–H groups in total. The first-order valence-corrected chi connectivity index (χ1v) is 11.0. The lowest BCUT2D eigenvalue weighted by atomic mass is 10.1. The summed E-state index contributed by atoms with van der Waals surface area (Å²) < 4.78 is 0. The molecule has 2 aromatic heterocycles. The largest absolute Gasteiger partial charge is 0.339 e. The van der Waals surface area contributed by atoms with Crippen LogP contribution in [-0.4, -0.2) is 33.9 Å². The number of pyridine rings is 1. The van der Waals surface area contributed by atoms with Crippen LogP contribution in [0.2, 0.25) is 0 Å². The second-order valence-electron chi connectivity index (χ2n) is 6.83. The van der Waals surface area contributed by atoms with Gasteiger partial charge in [0.15, 0.2) is 0 Å². The van der Waals surface area contributed by atoms with Crippen molar-refractivity contribution in [2.75, 3.05) is 13.1 Å². The van der Waals surface area contributed by atoms with E-state index in [4.69, 9.17) is 4.98 Å². The van der Waals surface area contributed by atoms with Crippen molar-refractivity contribution in [3.05, 3.63) is 40.0 Å². The van der Waals surface area contributed by atoms with E-state index in [9.17, 15) is 4.79 Å². The molecular weight excluding hydrogens is 350 g/mol. The first-order valence-electron chi connectivity index (χ1n) is 9.12. The molecule has 4 rings (SSSR count). The Morgan fingerprint density at radius 1 is 1.20 bits per heavy atom. The highest BCUT2D eigenvalue weighted by molar-refractivity contribution is 7.98. The van der Waals surface area contributed by atoms with Crippen molar-refractivity contribution in [2.24, 2.45) is 0 Å². The highest BCUT2D eigenvalue weighted by Crippen LogP contribution is 2.36. The first-order chi connectivity index (χ1) is 12.3. The van der Waals surface area contributed by atoms with Crippen molar-refractivity contribution in [1.29, 1.82) is 0 Å². The molecule has 2 fully saturated rings. The van der Waals surface area contributed by atoms with Gasteiger partial charge in [-0.2, -0.15) is 0 Å². The zero-order valence-corrected chi connectivity index (χ0v) is 16.0. The maximum Gasteiger partial charge on any atom is 0.255 e. The van der Waals surface area contributed by atoms with Crippen LogP contribution in [-0.2, 0) is 5.75 Å². The van der Waals surface area contributed by atoms with Gasteiger partial charge < -0.3 is 4.90 Å². The van der Waals surface area contributed by atoms with E-state index in [1.807, 2.05) is 28.4 Å². The Morgan fingerprint density at radius 2 is 2.00 bits per heavy atom. The molecule has 0 spiro atoms. The maximum absolute atomic E-state index is 12.3. The van der Waals surface area contributed by atoms with E-state index < -0.39 is 0 Å². The predicted molar refractivity (Wildman–Crippen MR) is 102 cm³/mol. The van der Waals surface area contributed by atoms with Gasteiger partial charge in [-0.25, -0.2) is 9.97 Å². The van der Waals surface area contributed by atoms with E-state index in [0.717, 1.165) is 42.4 Å². The van der Waals surface area contributed by atoms with Gasteiger partial charge in [0, 0.05) is 36.3 Å². The van der Waals surface area contributed by atoms with Crippen LogP contribution in [0.3, 0.4) is 0 Å². The van der Waals surface area contributed by atoms with Crippen molar-refractivity contribution in [3.8, 4) is 0 Å². The fraction of sp³-hybridized carbons (Fsp3) is 0.526. The average molecular weight is 374 g/mol. The highest BCUT2D eigenvalue weighted by Gasteiger charge is 2.21. The van der Waals surface area contributed by atoms with Gasteiger partial charge in [0.25, 0.3) is 5.91 Å². The standard InChI is InChI=1S/C19H23N3OS2/c23-19(22-9-3-4-10-22)15-7-8-17(20-11-15)24-12-16-13-25-18(21-16)14-5-1-2-6-14/h7-8,11,13-14H,1-6,9-10,12H2. The van der Waals surface area contributed by atoms with Crippen molar-refractivity contribution in [3.63, 3.8) is 0 Å². The maximum atomic E-state index is 12.3. The molecule has 0 atom stereocenters. The lowest BCUT2D eigenvalue weighted by Crippen LogP contribution is -2.27. The molecule has 4 nitrogen and oxygen atoms in total. The van der Waals surface area contributed by atoms with Crippen molar-refractivity contribution < 1.29 is 4.79 Å². The average Bonchev–Trinajstić information content (AvgIpc) is 3.42. The fourth-order valence-electron chi connectivity index (χ4n) is 3.59. The van der Waals surface area contributed by atoms with Crippen LogP contribution in [0.4, 0.5) is 0 Å². The minimum Gasteiger partial charge on any atom is -0.339 e. The Kier molecular flexibility index (Phi) is 5.36. The number of rotatable bonds is 5. The van der Waals surface area contributed by atoms with Crippen LogP contribution >= 0.6 is 23.1 Å². The van der Waals surface area contributed by atoms with Crippen LogP contribution in [0.5, 0.6) is 0 Å². The summed E-state index contributed by atoms with van der Waals surface area (Å²) in [5.41, 5.74) is 1.85. The third kappa shape index (κ3) is 4.06. The van der Waals surface area contributed by atoms with E-state index in [2.05, 4.69) is 10.4 Å². The molecule has 0 unspecified atom stereocenters. The van der Waals surface area contributed by atoms with E-state index in [0.29, 0.717) is 11.5 Å². The Hall–Kier alpha value is -1.40. The quantitative estimate of drug-likeness (QED) is 0.711. The molecule has 0 radical (unpaired) electrons. The number of aromatic nitrogens is 2. The summed E-state index contributed by atoms with van der Waals surface area (Å²) in [6.07, 6.45) is 9.24. The smallest absolute Gasteiger partial charge is 0.255 e. The monoisotopic (exact) mass is 373 g/mol. The van der Waals surface area contributed by atoms with Crippen molar-refractivity contribution in [1.82, 2.24) is 14.9 Å². The normalized spacial score (nSPS) is 18.2. The molecule has 3 heterocycles. The van der Waals surface area contributed by atoms with Gasteiger partial charge in [-0.15, -0.1) is 23.1 Å². The molecule has 1 aliphatic carbocycles. The molecule has 132 valence electrons. The Balaban J connectivity index is 1.33. The summed E-state index contributed by atoms with van der Waals surface area (Å²) in [6.45, 7) is 1.75. The minimum atomic E-state index is 0.113. The number of likely N-dealkylation sites (tertiary alicyclic amines) is 1. The van der Waals surface area contributed by atoms with Gasteiger partial charge in [0.05, 0.1) is 21.3 Å². The number of hydrogen-bond donors (Lipinski definition) is 0. The SMILES string of the molecule is O=C(c1ccc(SCc2csc(C3CCCC3)n2)nc1)N1CCCC1. The number of carbonyl (C=O) groups excluding carboxylic acids is 1. The van der Waals surface area contributed by atoms with Gasteiger partial charge in [-0.05, 0) is 37.8 Å². The van der Waals surface area contributed by atoms with E-state index >= 15 is 0 Å². The Bertz CT molecular complexity index is 717. The van der Waals surface area contributed by atoms with E-state index in [1.165, 1.54) is 30.7 Å². The zero-order chi connectivity index (χ0) is 17.1. The molecule has 0 aromatic carbocycles. The van der Waals surface area contributed by atoms with E-state index in [-0.39, 0.29) is 5.91 Å². The number of thiazole rings is 1. The first kappa shape index (κ1) is 17.0. The van der Waals surface area contributed by atoms with Gasteiger partial charge in [-0.3, -0.25) is 4.79 Å². The molecule has 0 bridgehead atoms. The zero-order valence-electron chi connectivity index (χ0n) is 14.3. The second-order valence-corrected chi connectivity index (χ2v) is 8.72. The number of nitrogens with zero attached hydrogens (tertiary/aromatic N) is 3. The Labute approximate surface area is 157 Å². The summed E-state index contributed by atoms with van der Waals surface area (Å²) in [5.74, 6) is 1.65. The van der Waals surface area contributed by atoms with Gasteiger partial charge in [0.2, 0.25) is 0 Å². The third-order valence-corrected chi connectivity index (χ3v) is 7.05.